The predicted octanol–water partition coefficient (Wildman–Crippen LogP) is 31.2. The summed E-state index contributed by atoms with van der Waals surface area (Å²) >= 11 is 8.95. The number of rotatable bonds is 20. The summed E-state index contributed by atoms with van der Waals surface area (Å²) in [5.41, 5.74) is 12.0. The van der Waals surface area contributed by atoms with Gasteiger partial charge < -0.3 is 0 Å². The Hall–Kier alpha value is -6.38. The topological polar surface area (TPSA) is 180 Å². The van der Waals surface area contributed by atoms with E-state index in [-0.39, 0.29) is 0 Å². The second-order valence-electron chi connectivity index (χ2n) is 35.6. The summed E-state index contributed by atoms with van der Waals surface area (Å²) in [4.78, 5) is 55.2. The molecule has 10 heterocycles. The predicted molar refractivity (Wildman–Crippen MR) is 505 cm³/mol. The van der Waals surface area contributed by atoms with Crippen LogP contribution < -0.4 is 0 Å². The van der Waals surface area contributed by atoms with Gasteiger partial charge in [-0.1, -0.05) is 289 Å². The van der Waals surface area contributed by atoms with Crippen LogP contribution >= 0.6 is 56.7 Å². The maximum absolute atomic E-state index is 4.53. The van der Waals surface area contributed by atoms with Gasteiger partial charge >= 0.3 is 0 Å². The van der Waals surface area contributed by atoms with E-state index < -0.39 is 0 Å². The van der Waals surface area contributed by atoms with Crippen LogP contribution in [0.3, 0.4) is 0 Å². The van der Waals surface area contributed by atoms with Gasteiger partial charge in [-0.3, -0.25) is 19.9 Å². The fourth-order valence-electron chi connectivity index (χ4n) is 9.08. The molecule has 0 aliphatic rings. The molecule has 14 nitrogen and oxygen atoms in total. The Balaban J connectivity index is 0.000000639. The molecular formula is C96H156N14S5. The monoisotopic (exact) mass is 1670 g/mol. The van der Waals surface area contributed by atoms with Crippen molar-refractivity contribution in [3.05, 3.63) is 205 Å². The number of hydrogen-bond donors (Lipinski definition) is 0. The molecule has 0 N–H and O–H groups in total. The van der Waals surface area contributed by atoms with Crippen LogP contribution in [-0.4, -0.2) is 70.0 Å². The SMILES string of the molecule is CC(C)c1ccc(C(C)C)nc1.CC(C)c1ccc(C(C)C)nc1.CC(C)c1cnc(C(C)C)cn1.CC(C)c1cnc(C(C)C)nc1.CC(C)c1cnc(C(C)C)nc1.CC(C)c1cnc(C(C)C)s1.CC(C)c1cnc(C(C)C)s1.CC(C)c1csc(C(C)C)n1.CC(C)c1csc(C(C)C)n1.CC(C)c1nnc(C(C)C)s1. The van der Waals surface area contributed by atoms with E-state index in [1.807, 2.05) is 84.6 Å². The molecule has 0 radical (unpaired) electrons. The molecule has 0 fully saturated rings. The van der Waals surface area contributed by atoms with E-state index >= 15 is 0 Å². The Morgan fingerprint density at radius 1 is 0.183 bits per heavy atom. The van der Waals surface area contributed by atoms with E-state index in [9.17, 15) is 0 Å². The fraction of sp³-hybridized carbons (Fsp3) is 0.625. The zero-order valence-electron chi connectivity index (χ0n) is 79.1. The first-order valence-corrected chi connectivity index (χ1v) is 46.8. The lowest BCUT2D eigenvalue weighted by Gasteiger charge is -2.07. The van der Waals surface area contributed by atoms with Gasteiger partial charge in [0.2, 0.25) is 0 Å². The lowest BCUT2D eigenvalue weighted by atomic mass is 10.0. The van der Waals surface area contributed by atoms with Crippen molar-refractivity contribution in [2.45, 2.75) is 395 Å². The summed E-state index contributed by atoms with van der Waals surface area (Å²) in [6.45, 7) is 86.5. The van der Waals surface area contributed by atoms with Crippen molar-refractivity contribution in [2.75, 3.05) is 0 Å². The molecule has 10 aromatic rings. The lowest BCUT2D eigenvalue weighted by molar-refractivity contribution is 0.754. The Morgan fingerprint density at radius 3 is 0.591 bits per heavy atom. The minimum Gasteiger partial charge on any atom is -0.261 e. The van der Waals surface area contributed by atoms with Gasteiger partial charge in [-0.05, 0) is 105 Å². The highest BCUT2D eigenvalue weighted by Gasteiger charge is 2.15. The zero-order valence-corrected chi connectivity index (χ0v) is 83.2. The Labute approximate surface area is 721 Å². The molecule has 0 saturated carbocycles. The molecule has 0 aliphatic heterocycles. The van der Waals surface area contributed by atoms with Gasteiger partial charge in [-0.2, -0.15) is 0 Å². The van der Waals surface area contributed by atoms with Gasteiger partial charge in [-0.25, -0.2) is 39.9 Å². The molecule has 19 heteroatoms. The van der Waals surface area contributed by atoms with Crippen LogP contribution in [0, 0.1) is 0 Å². The van der Waals surface area contributed by atoms with Crippen LogP contribution in [-0.2, 0) is 0 Å². The minimum absolute atomic E-state index is 0.422. The number of pyridine rings is 2. The van der Waals surface area contributed by atoms with E-state index in [1.165, 1.54) is 74.8 Å². The first kappa shape index (κ1) is 107. The summed E-state index contributed by atoms with van der Waals surface area (Å²) in [5.74, 6) is 12.6. The van der Waals surface area contributed by atoms with Gasteiger partial charge in [0, 0.05) is 141 Å². The van der Waals surface area contributed by atoms with Crippen LogP contribution in [0.2, 0.25) is 0 Å². The molecule has 0 saturated heterocycles. The molecule has 10 rings (SSSR count). The van der Waals surface area contributed by atoms with Crippen molar-refractivity contribution in [3.8, 4) is 0 Å². The molecule has 0 aromatic carbocycles. The molecular weight excluding hydrogens is 1510 g/mol. The van der Waals surface area contributed by atoms with Crippen molar-refractivity contribution in [1.29, 1.82) is 0 Å². The first-order chi connectivity index (χ1) is 53.6. The largest absolute Gasteiger partial charge is 0.261 e. The summed E-state index contributed by atoms with van der Waals surface area (Å²) in [5, 5.41) is 19.9. The van der Waals surface area contributed by atoms with Gasteiger partial charge in [0.15, 0.2) is 0 Å². The number of aromatic nitrogens is 14. The normalized spacial score (nSPS) is 11.3. The average molecular weight is 1670 g/mol. The molecule has 0 amide bonds. The summed E-state index contributed by atoms with van der Waals surface area (Å²) in [7, 11) is 0. The van der Waals surface area contributed by atoms with Crippen molar-refractivity contribution in [2.24, 2.45) is 0 Å². The van der Waals surface area contributed by atoms with Crippen molar-refractivity contribution >= 4 is 56.7 Å². The second kappa shape index (κ2) is 55.4. The van der Waals surface area contributed by atoms with Crippen LogP contribution in [0.25, 0.3) is 0 Å². The third kappa shape index (κ3) is 42.2. The molecule has 0 spiro atoms. The van der Waals surface area contributed by atoms with Crippen LogP contribution in [0.1, 0.15) is 503 Å². The third-order valence-electron chi connectivity index (χ3n) is 17.7. The highest BCUT2D eigenvalue weighted by atomic mass is 32.1. The van der Waals surface area contributed by atoms with Gasteiger partial charge in [0.1, 0.15) is 21.7 Å². The average Bonchev–Trinajstić information content (AvgIpc) is 1.03. The van der Waals surface area contributed by atoms with Crippen molar-refractivity contribution < 1.29 is 0 Å². The maximum atomic E-state index is 4.53. The Morgan fingerprint density at radius 2 is 0.435 bits per heavy atom. The van der Waals surface area contributed by atoms with E-state index in [2.05, 4.69) is 382 Å². The standard InChI is InChI=1S/2C11H17N.3C10H16N2.4C9H15NS.C8H14N2S/c2*1-8(2)10-5-6-11(9(3)4)12-7-10;1-7(2)9-5-12-10(6-11-9)8(3)4;2*1-7(2)9-5-11-10(8(3)4)12-6-9;2*1-6(2)8-5-11-9(10-8)7(3)4;2*1-6(2)8-5-10-9(11-8)7(3)4;1-5(2)7-9-10-8(11-7)6(3)4/h2*5-9H,1-4H3;3*5-8H,1-4H3;4*5-7H,1-4H3;5-6H,1-4H3. The number of nitrogens with zero attached hydrogens (tertiary/aromatic N) is 14. The minimum atomic E-state index is 0.422. The van der Waals surface area contributed by atoms with E-state index in [1.54, 1.807) is 34.0 Å². The van der Waals surface area contributed by atoms with Crippen molar-refractivity contribution in [3.63, 3.8) is 0 Å². The lowest BCUT2D eigenvalue weighted by Crippen LogP contribution is -1.99. The quantitative estimate of drug-likeness (QED) is 0.0703. The van der Waals surface area contributed by atoms with Crippen LogP contribution in [0.5, 0.6) is 0 Å². The highest BCUT2D eigenvalue weighted by Crippen LogP contribution is 2.30. The molecule has 0 bridgehead atoms. The number of thiazole rings is 4. The van der Waals surface area contributed by atoms with Gasteiger partial charge in [-0.15, -0.1) is 66.9 Å². The Bertz CT molecular complexity index is 3210. The second-order valence-corrected chi connectivity index (χ2v) is 40.7. The third-order valence-corrected chi connectivity index (χ3v) is 24.7. The smallest absolute Gasteiger partial charge is 0.130 e. The fourth-order valence-corrected chi connectivity index (χ4v) is 13.8. The molecule has 0 unspecified atom stereocenters. The molecule has 640 valence electrons. The molecule has 115 heavy (non-hydrogen) atoms. The highest BCUT2D eigenvalue weighted by molar-refractivity contribution is 7.12. The van der Waals surface area contributed by atoms with E-state index in [4.69, 9.17) is 0 Å². The maximum Gasteiger partial charge on any atom is 0.130 e. The van der Waals surface area contributed by atoms with Crippen LogP contribution in [0.15, 0.2) is 97.0 Å². The first-order valence-electron chi connectivity index (χ1n) is 42.6. The summed E-state index contributed by atoms with van der Waals surface area (Å²) in [6, 6.07) is 8.60. The molecule has 0 aliphatic carbocycles. The summed E-state index contributed by atoms with van der Waals surface area (Å²) in [6.07, 6.45) is 19.4. The molecule has 0 atom stereocenters. The number of hydrogen-bond acceptors (Lipinski definition) is 19. The molecule has 10 aromatic heterocycles. The van der Waals surface area contributed by atoms with Gasteiger partial charge in [0.05, 0.1) is 42.8 Å². The van der Waals surface area contributed by atoms with E-state index in [0.29, 0.717) is 118 Å². The zero-order chi connectivity index (χ0) is 87.8. The van der Waals surface area contributed by atoms with Crippen molar-refractivity contribution in [1.82, 2.24) is 70.0 Å². The Kier molecular flexibility index (Phi) is 51.4. The van der Waals surface area contributed by atoms with Crippen LogP contribution in [0.4, 0.5) is 0 Å². The summed E-state index contributed by atoms with van der Waals surface area (Å²) < 4.78 is 0. The van der Waals surface area contributed by atoms with E-state index in [0.717, 1.165) is 33.1 Å². The van der Waals surface area contributed by atoms with Gasteiger partial charge in [0.25, 0.3) is 0 Å².